The predicted octanol–water partition coefficient (Wildman–Crippen LogP) is 5.21. The fourth-order valence-corrected chi connectivity index (χ4v) is 4.67. The molecule has 3 aromatic carbocycles. The number of nitrogens with one attached hydrogen (secondary N) is 1. The molecule has 0 aromatic heterocycles. The first-order chi connectivity index (χ1) is 16.5. The molecule has 0 bridgehead atoms. The second kappa shape index (κ2) is 9.34. The van der Waals surface area contributed by atoms with Crippen molar-refractivity contribution in [3.05, 3.63) is 94.5 Å². The van der Waals surface area contributed by atoms with Crippen molar-refractivity contribution in [2.24, 2.45) is 5.92 Å². The SMILES string of the molecule is Cc1ccc(NC(=O)COc2ccc3c(c2)[C@@H](c2cccc(C)c2)N(C(=O)C2CC2)CC3)cc1. The Labute approximate surface area is 200 Å². The van der Waals surface area contributed by atoms with Crippen LogP contribution < -0.4 is 10.1 Å². The summed E-state index contributed by atoms with van der Waals surface area (Å²) in [7, 11) is 0. The van der Waals surface area contributed by atoms with Crippen LogP contribution in [0, 0.1) is 19.8 Å². The number of hydrogen-bond acceptors (Lipinski definition) is 3. The summed E-state index contributed by atoms with van der Waals surface area (Å²) in [6.07, 6.45) is 2.80. The van der Waals surface area contributed by atoms with Crippen molar-refractivity contribution in [1.82, 2.24) is 4.90 Å². The van der Waals surface area contributed by atoms with Gasteiger partial charge in [-0.3, -0.25) is 9.59 Å². The average Bonchev–Trinajstić information content (AvgIpc) is 3.68. The minimum atomic E-state index is -0.206. The van der Waals surface area contributed by atoms with E-state index in [0.717, 1.165) is 48.2 Å². The lowest BCUT2D eigenvalue weighted by atomic mass is 9.87. The topological polar surface area (TPSA) is 58.6 Å². The lowest BCUT2D eigenvalue weighted by molar-refractivity contribution is -0.134. The van der Waals surface area contributed by atoms with Gasteiger partial charge in [0, 0.05) is 18.2 Å². The summed E-state index contributed by atoms with van der Waals surface area (Å²) in [5.41, 5.74) is 6.48. The minimum absolute atomic E-state index is 0.0769. The van der Waals surface area contributed by atoms with Gasteiger partial charge in [-0.05, 0) is 74.1 Å². The number of ether oxygens (including phenoxy) is 1. The maximum absolute atomic E-state index is 13.2. The van der Waals surface area contributed by atoms with E-state index in [2.05, 4.69) is 42.6 Å². The van der Waals surface area contributed by atoms with Crippen LogP contribution in [0.15, 0.2) is 66.7 Å². The number of hydrogen-bond donors (Lipinski definition) is 1. The number of anilines is 1. The number of amides is 2. The molecule has 1 atom stereocenters. The molecule has 2 aliphatic rings. The zero-order chi connectivity index (χ0) is 23.7. The van der Waals surface area contributed by atoms with E-state index in [1.165, 1.54) is 11.1 Å². The zero-order valence-corrected chi connectivity index (χ0v) is 19.7. The van der Waals surface area contributed by atoms with Crippen molar-refractivity contribution >= 4 is 17.5 Å². The monoisotopic (exact) mass is 454 g/mol. The summed E-state index contributed by atoms with van der Waals surface area (Å²) in [5, 5.41) is 2.87. The predicted molar refractivity (Wildman–Crippen MR) is 133 cm³/mol. The molecule has 5 heteroatoms. The van der Waals surface area contributed by atoms with Crippen molar-refractivity contribution in [3.63, 3.8) is 0 Å². The molecule has 1 saturated carbocycles. The summed E-state index contributed by atoms with van der Waals surface area (Å²) < 4.78 is 5.88. The van der Waals surface area contributed by atoms with Gasteiger partial charge in [0.2, 0.25) is 5.91 Å². The van der Waals surface area contributed by atoms with Gasteiger partial charge >= 0.3 is 0 Å². The lowest BCUT2D eigenvalue weighted by Crippen LogP contribution is -2.41. The van der Waals surface area contributed by atoms with E-state index in [1.54, 1.807) is 0 Å². The molecule has 1 heterocycles. The Hall–Kier alpha value is -3.60. The maximum atomic E-state index is 13.2. The molecular weight excluding hydrogens is 424 g/mol. The highest BCUT2D eigenvalue weighted by atomic mass is 16.5. The molecule has 2 amide bonds. The Morgan fingerprint density at radius 3 is 2.50 bits per heavy atom. The summed E-state index contributed by atoms with van der Waals surface area (Å²) in [6, 6.07) is 21.9. The van der Waals surface area contributed by atoms with Crippen LogP contribution in [-0.4, -0.2) is 29.9 Å². The van der Waals surface area contributed by atoms with Crippen molar-refractivity contribution in [2.45, 2.75) is 39.2 Å². The molecular formula is C29H30N2O3. The third-order valence-electron chi connectivity index (χ3n) is 6.62. The average molecular weight is 455 g/mol. The van der Waals surface area contributed by atoms with Crippen LogP contribution >= 0.6 is 0 Å². The van der Waals surface area contributed by atoms with Crippen molar-refractivity contribution in [2.75, 3.05) is 18.5 Å². The van der Waals surface area contributed by atoms with Crippen LogP contribution in [0.4, 0.5) is 5.69 Å². The minimum Gasteiger partial charge on any atom is -0.484 e. The number of carbonyl (C=O) groups is 2. The van der Waals surface area contributed by atoms with Gasteiger partial charge in [-0.1, -0.05) is 53.6 Å². The molecule has 1 aliphatic heterocycles. The summed E-state index contributed by atoms with van der Waals surface area (Å²) in [4.78, 5) is 27.6. The van der Waals surface area contributed by atoms with Gasteiger partial charge in [0.1, 0.15) is 5.75 Å². The number of nitrogens with zero attached hydrogens (tertiary/aromatic N) is 1. The van der Waals surface area contributed by atoms with Crippen LogP contribution in [-0.2, 0) is 16.0 Å². The van der Waals surface area contributed by atoms with Gasteiger partial charge in [0.15, 0.2) is 6.61 Å². The van der Waals surface area contributed by atoms with Crippen molar-refractivity contribution in [3.8, 4) is 5.75 Å². The van der Waals surface area contributed by atoms with E-state index in [1.807, 2.05) is 48.2 Å². The third kappa shape index (κ3) is 4.84. The molecule has 3 aromatic rings. The standard InChI is InChI=1S/C29H30N2O3/c1-19-6-11-24(12-7-19)30-27(32)18-34-25-13-10-21-14-15-31(29(33)22-8-9-22)28(26(21)17-25)23-5-3-4-20(2)16-23/h3-7,10-13,16-17,22,28H,8-9,14-15,18H2,1-2H3,(H,30,32)/t28-/m1/s1. The van der Waals surface area contributed by atoms with E-state index in [-0.39, 0.29) is 30.4 Å². The molecule has 1 aliphatic carbocycles. The molecule has 5 rings (SSSR count). The fraction of sp³-hybridized carbons (Fsp3) is 0.310. The van der Waals surface area contributed by atoms with Gasteiger partial charge in [0.05, 0.1) is 6.04 Å². The van der Waals surface area contributed by atoms with Crippen LogP contribution in [0.5, 0.6) is 5.75 Å². The van der Waals surface area contributed by atoms with Gasteiger partial charge in [0.25, 0.3) is 5.91 Å². The Morgan fingerprint density at radius 2 is 1.76 bits per heavy atom. The number of rotatable bonds is 6. The van der Waals surface area contributed by atoms with Gasteiger partial charge in [-0.25, -0.2) is 0 Å². The van der Waals surface area contributed by atoms with Crippen LogP contribution in [0.1, 0.15) is 46.7 Å². The summed E-state index contributed by atoms with van der Waals surface area (Å²) in [6.45, 7) is 4.73. The first-order valence-electron chi connectivity index (χ1n) is 12.0. The highest BCUT2D eigenvalue weighted by Crippen LogP contribution is 2.41. The number of benzene rings is 3. The maximum Gasteiger partial charge on any atom is 0.262 e. The van der Waals surface area contributed by atoms with Crippen molar-refractivity contribution in [1.29, 1.82) is 0 Å². The first kappa shape index (κ1) is 22.2. The van der Waals surface area contributed by atoms with E-state index in [0.29, 0.717) is 5.75 Å². The fourth-order valence-electron chi connectivity index (χ4n) is 4.67. The zero-order valence-electron chi connectivity index (χ0n) is 19.7. The van der Waals surface area contributed by atoms with E-state index in [4.69, 9.17) is 4.74 Å². The van der Waals surface area contributed by atoms with E-state index < -0.39 is 0 Å². The molecule has 34 heavy (non-hydrogen) atoms. The van der Waals surface area contributed by atoms with Gasteiger partial charge < -0.3 is 15.0 Å². The largest absolute Gasteiger partial charge is 0.484 e. The van der Waals surface area contributed by atoms with Gasteiger partial charge in [-0.2, -0.15) is 0 Å². The Bertz CT molecular complexity index is 1210. The molecule has 174 valence electrons. The summed E-state index contributed by atoms with van der Waals surface area (Å²) in [5.74, 6) is 0.846. The van der Waals surface area contributed by atoms with Gasteiger partial charge in [-0.15, -0.1) is 0 Å². The molecule has 5 nitrogen and oxygen atoms in total. The van der Waals surface area contributed by atoms with Crippen LogP contribution in [0.2, 0.25) is 0 Å². The Kier molecular flexibility index (Phi) is 6.10. The Balaban J connectivity index is 1.37. The van der Waals surface area contributed by atoms with Crippen LogP contribution in [0.3, 0.4) is 0 Å². The highest BCUT2D eigenvalue weighted by Gasteiger charge is 2.39. The third-order valence-corrected chi connectivity index (χ3v) is 6.62. The van der Waals surface area contributed by atoms with E-state index >= 15 is 0 Å². The second-order valence-electron chi connectivity index (χ2n) is 9.44. The first-order valence-corrected chi connectivity index (χ1v) is 12.0. The van der Waals surface area contributed by atoms with Crippen molar-refractivity contribution < 1.29 is 14.3 Å². The molecule has 0 saturated heterocycles. The normalized spacial score (nSPS) is 17.1. The summed E-state index contributed by atoms with van der Waals surface area (Å²) >= 11 is 0. The highest BCUT2D eigenvalue weighted by molar-refractivity contribution is 5.91. The van der Waals surface area contributed by atoms with Crippen LogP contribution in [0.25, 0.3) is 0 Å². The second-order valence-corrected chi connectivity index (χ2v) is 9.44. The number of carbonyl (C=O) groups excluding carboxylic acids is 2. The molecule has 1 N–H and O–H groups in total. The molecule has 1 fully saturated rings. The quantitative estimate of drug-likeness (QED) is 0.557. The lowest BCUT2D eigenvalue weighted by Gasteiger charge is -2.38. The smallest absolute Gasteiger partial charge is 0.262 e. The molecule has 0 radical (unpaired) electrons. The Morgan fingerprint density at radius 1 is 0.971 bits per heavy atom. The van der Waals surface area contributed by atoms with E-state index in [9.17, 15) is 9.59 Å². The molecule has 0 unspecified atom stereocenters. The molecule has 0 spiro atoms. The number of fused-ring (bicyclic) bond motifs is 1. The number of aryl methyl sites for hydroxylation is 2.